The molecule has 2 unspecified atom stereocenters. The summed E-state index contributed by atoms with van der Waals surface area (Å²) in [5, 5.41) is 3.40. The fourth-order valence-electron chi connectivity index (χ4n) is 1.85. The molecule has 0 amide bonds. The Morgan fingerprint density at radius 3 is 2.88 bits per heavy atom. The molecule has 0 fully saturated rings. The average Bonchev–Trinajstić information content (AvgIpc) is 2.28. The van der Waals surface area contributed by atoms with Crippen molar-refractivity contribution < 1.29 is 9.53 Å². The van der Waals surface area contributed by atoms with E-state index in [0.29, 0.717) is 13.0 Å². The molecule has 3 nitrogen and oxygen atoms in total. The van der Waals surface area contributed by atoms with Crippen molar-refractivity contribution in [2.24, 2.45) is 5.41 Å². The van der Waals surface area contributed by atoms with Crippen molar-refractivity contribution in [3.05, 3.63) is 24.3 Å². The predicted molar refractivity (Wildman–Crippen MR) is 69.7 cm³/mol. The Bertz CT molecular complexity index is 309. The van der Waals surface area contributed by atoms with Crippen molar-refractivity contribution in [2.75, 3.05) is 13.2 Å². The smallest absolute Gasteiger partial charge is 0.307 e. The van der Waals surface area contributed by atoms with Crippen LogP contribution in [0.3, 0.4) is 0 Å². The number of hydrogen-bond donors (Lipinski definition) is 1. The molecule has 0 aromatic carbocycles. The van der Waals surface area contributed by atoms with Gasteiger partial charge in [-0.2, -0.15) is 0 Å². The van der Waals surface area contributed by atoms with Gasteiger partial charge in [0.25, 0.3) is 0 Å². The average molecular weight is 237 g/mol. The molecule has 1 aliphatic rings. The molecular formula is C14H23NO2. The van der Waals surface area contributed by atoms with E-state index in [9.17, 15) is 4.79 Å². The lowest BCUT2D eigenvalue weighted by atomic mass is 9.83. The Kier molecular flexibility index (Phi) is 5.42. The molecule has 3 heteroatoms. The summed E-state index contributed by atoms with van der Waals surface area (Å²) in [7, 11) is 0. The van der Waals surface area contributed by atoms with Crippen molar-refractivity contribution in [2.45, 2.75) is 39.7 Å². The number of allylic oxidation sites excluding steroid dienone is 3. The van der Waals surface area contributed by atoms with E-state index < -0.39 is 0 Å². The first-order valence-corrected chi connectivity index (χ1v) is 6.29. The zero-order chi connectivity index (χ0) is 12.7. The van der Waals surface area contributed by atoms with E-state index in [1.807, 2.05) is 13.8 Å². The van der Waals surface area contributed by atoms with Crippen LogP contribution in [0.5, 0.6) is 0 Å². The fourth-order valence-corrected chi connectivity index (χ4v) is 1.85. The highest BCUT2D eigenvalue weighted by Gasteiger charge is 2.21. The number of carbonyl (C=O) groups is 1. The van der Waals surface area contributed by atoms with Crippen molar-refractivity contribution in [1.29, 1.82) is 0 Å². The minimum absolute atomic E-state index is 0.128. The first-order chi connectivity index (χ1) is 8.06. The second-order valence-corrected chi connectivity index (χ2v) is 4.94. The molecule has 0 saturated carbocycles. The predicted octanol–water partition coefficient (Wildman–Crippen LogP) is 2.44. The SMILES string of the molecule is CCOC(=O)CC(C)NCC1(C)C=CC=CC1. The number of ether oxygens (including phenoxy) is 1. The van der Waals surface area contributed by atoms with Crippen LogP contribution >= 0.6 is 0 Å². The molecule has 1 N–H and O–H groups in total. The Balaban J connectivity index is 2.28. The summed E-state index contributed by atoms with van der Waals surface area (Å²) in [4.78, 5) is 11.3. The number of esters is 1. The van der Waals surface area contributed by atoms with E-state index >= 15 is 0 Å². The highest BCUT2D eigenvalue weighted by Crippen LogP contribution is 2.26. The van der Waals surface area contributed by atoms with Gasteiger partial charge in [0.15, 0.2) is 0 Å². The van der Waals surface area contributed by atoms with Crippen molar-refractivity contribution in [1.82, 2.24) is 5.32 Å². The fraction of sp³-hybridized carbons (Fsp3) is 0.643. The van der Waals surface area contributed by atoms with Gasteiger partial charge < -0.3 is 10.1 Å². The Morgan fingerprint density at radius 2 is 2.29 bits per heavy atom. The van der Waals surface area contributed by atoms with E-state index in [1.54, 1.807) is 0 Å². The molecule has 1 rings (SSSR count). The summed E-state index contributed by atoms with van der Waals surface area (Å²) in [5.41, 5.74) is 0.164. The summed E-state index contributed by atoms with van der Waals surface area (Å²) < 4.78 is 4.93. The molecule has 0 aromatic rings. The molecule has 1 aliphatic carbocycles. The first-order valence-electron chi connectivity index (χ1n) is 6.29. The van der Waals surface area contributed by atoms with Gasteiger partial charge in [-0.3, -0.25) is 4.79 Å². The van der Waals surface area contributed by atoms with Gasteiger partial charge in [0, 0.05) is 18.0 Å². The third-order valence-electron chi connectivity index (χ3n) is 2.96. The summed E-state index contributed by atoms with van der Waals surface area (Å²) in [6, 6.07) is 0.158. The topological polar surface area (TPSA) is 38.3 Å². The molecule has 96 valence electrons. The number of rotatable bonds is 6. The van der Waals surface area contributed by atoms with Crippen LogP contribution in [0, 0.1) is 5.41 Å². The van der Waals surface area contributed by atoms with Crippen molar-refractivity contribution in [3.63, 3.8) is 0 Å². The molecule has 17 heavy (non-hydrogen) atoms. The maximum atomic E-state index is 11.3. The molecule has 0 spiro atoms. The van der Waals surface area contributed by atoms with Crippen molar-refractivity contribution >= 4 is 5.97 Å². The Hall–Kier alpha value is -1.09. The Labute approximate surface area is 104 Å². The maximum absolute atomic E-state index is 11.3. The highest BCUT2D eigenvalue weighted by molar-refractivity contribution is 5.69. The lowest BCUT2D eigenvalue weighted by Gasteiger charge is -2.28. The van der Waals surface area contributed by atoms with Gasteiger partial charge in [-0.15, -0.1) is 0 Å². The molecule has 0 heterocycles. The van der Waals surface area contributed by atoms with E-state index in [0.717, 1.165) is 13.0 Å². The molecule has 0 saturated heterocycles. The summed E-state index contributed by atoms with van der Waals surface area (Å²) in [5.74, 6) is -0.128. The van der Waals surface area contributed by atoms with Gasteiger partial charge in [-0.1, -0.05) is 31.2 Å². The lowest BCUT2D eigenvalue weighted by Crippen LogP contribution is -2.37. The molecule has 0 aliphatic heterocycles. The molecule has 2 atom stereocenters. The van der Waals surface area contributed by atoms with Crippen LogP contribution in [0.25, 0.3) is 0 Å². The second kappa shape index (κ2) is 6.60. The number of hydrogen-bond acceptors (Lipinski definition) is 3. The highest BCUT2D eigenvalue weighted by atomic mass is 16.5. The summed E-state index contributed by atoms with van der Waals surface area (Å²) in [6.07, 6.45) is 10.0. The largest absolute Gasteiger partial charge is 0.466 e. The zero-order valence-electron chi connectivity index (χ0n) is 11.0. The second-order valence-electron chi connectivity index (χ2n) is 4.94. The monoisotopic (exact) mass is 237 g/mol. The van der Waals surface area contributed by atoms with Crippen LogP contribution in [0.1, 0.15) is 33.6 Å². The van der Waals surface area contributed by atoms with Crippen LogP contribution in [-0.4, -0.2) is 25.2 Å². The standard InChI is InChI=1S/C14H23NO2/c1-4-17-13(16)10-12(2)15-11-14(3)8-6-5-7-9-14/h5-8,12,15H,4,9-11H2,1-3H3. The van der Waals surface area contributed by atoms with Crippen molar-refractivity contribution in [3.8, 4) is 0 Å². The maximum Gasteiger partial charge on any atom is 0.307 e. The molecular weight excluding hydrogens is 214 g/mol. The van der Waals surface area contributed by atoms with Crippen LogP contribution in [-0.2, 0) is 9.53 Å². The minimum Gasteiger partial charge on any atom is -0.466 e. The van der Waals surface area contributed by atoms with Gasteiger partial charge in [0.1, 0.15) is 0 Å². The summed E-state index contributed by atoms with van der Waals surface area (Å²) in [6.45, 7) is 7.40. The lowest BCUT2D eigenvalue weighted by molar-refractivity contribution is -0.143. The Morgan fingerprint density at radius 1 is 1.53 bits per heavy atom. The molecule has 0 bridgehead atoms. The molecule has 0 radical (unpaired) electrons. The summed E-state index contributed by atoms with van der Waals surface area (Å²) >= 11 is 0. The van der Waals surface area contributed by atoms with Gasteiger partial charge in [0.05, 0.1) is 13.0 Å². The first kappa shape index (κ1) is 14.0. The van der Waals surface area contributed by atoms with Crippen LogP contribution in [0.2, 0.25) is 0 Å². The van der Waals surface area contributed by atoms with Crippen LogP contribution < -0.4 is 5.32 Å². The van der Waals surface area contributed by atoms with E-state index in [-0.39, 0.29) is 17.4 Å². The van der Waals surface area contributed by atoms with Gasteiger partial charge in [-0.05, 0) is 20.3 Å². The normalized spacial score (nSPS) is 24.6. The minimum atomic E-state index is -0.128. The third-order valence-corrected chi connectivity index (χ3v) is 2.96. The van der Waals surface area contributed by atoms with E-state index in [4.69, 9.17) is 4.74 Å². The van der Waals surface area contributed by atoms with Crippen LogP contribution in [0.4, 0.5) is 0 Å². The van der Waals surface area contributed by atoms with E-state index in [2.05, 4.69) is 36.5 Å². The quantitative estimate of drug-likeness (QED) is 0.721. The zero-order valence-corrected chi connectivity index (χ0v) is 11.0. The third kappa shape index (κ3) is 5.18. The van der Waals surface area contributed by atoms with Gasteiger partial charge >= 0.3 is 5.97 Å². The van der Waals surface area contributed by atoms with Crippen LogP contribution in [0.15, 0.2) is 24.3 Å². The number of carbonyl (C=O) groups excluding carboxylic acids is 1. The van der Waals surface area contributed by atoms with Gasteiger partial charge in [-0.25, -0.2) is 0 Å². The van der Waals surface area contributed by atoms with Gasteiger partial charge in [0.2, 0.25) is 0 Å². The van der Waals surface area contributed by atoms with E-state index in [1.165, 1.54) is 0 Å². The molecule has 0 aromatic heterocycles. The number of nitrogens with one attached hydrogen (secondary N) is 1.